The second-order valence-corrected chi connectivity index (χ2v) is 9.03. The van der Waals surface area contributed by atoms with Crippen LogP contribution in [0.15, 0.2) is 73.4 Å². The molecule has 0 N–H and O–H groups in total. The van der Waals surface area contributed by atoms with E-state index in [0.29, 0.717) is 61.2 Å². The molecule has 0 radical (unpaired) electrons. The van der Waals surface area contributed by atoms with Gasteiger partial charge in [-0.3, -0.25) is 4.79 Å². The molecule has 5 rings (SSSR count). The van der Waals surface area contributed by atoms with Crippen molar-refractivity contribution in [1.29, 1.82) is 0 Å². The Morgan fingerprint density at radius 1 is 1.08 bits per heavy atom. The smallest absolute Gasteiger partial charge is 0.282 e. The number of aromatic nitrogens is 2. The van der Waals surface area contributed by atoms with Gasteiger partial charge in [-0.2, -0.15) is 9.78 Å². The molecule has 37 heavy (non-hydrogen) atoms. The largest absolute Gasteiger partial charge is 0.496 e. The Morgan fingerprint density at radius 2 is 1.86 bits per heavy atom. The van der Waals surface area contributed by atoms with E-state index in [9.17, 15) is 4.79 Å². The van der Waals surface area contributed by atoms with Crippen LogP contribution in [0.1, 0.15) is 12.5 Å². The summed E-state index contributed by atoms with van der Waals surface area (Å²) < 4.78 is 24.4. The molecule has 188 valence electrons. The predicted octanol–water partition coefficient (Wildman–Crippen LogP) is 6.52. The highest BCUT2D eigenvalue weighted by molar-refractivity contribution is 9.10. The lowest BCUT2D eigenvalue weighted by Crippen LogP contribution is -2.20. The van der Waals surface area contributed by atoms with Crippen LogP contribution in [0.2, 0.25) is 5.02 Å². The molecule has 0 aliphatic carbocycles. The second-order valence-electron chi connectivity index (χ2n) is 7.85. The molecule has 2 aromatic heterocycles. The molecule has 0 spiro atoms. The normalized spacial score (nSPS) is 11.5. The highest BCUT2D eigenvalue weighted by Crippen LogP contribution is 2.42. The fourth-order valence-electron chi connectivity index (χ4n) is 3.96. The average molecular weight is 583 g/mol. The molecule has 0 saturated carbocycles. The first-order chi connectivity index (χ1) is 18.0. The van der Waals surface area contributed by atoms with E-state index in [1.807, 2.05) is 31.2 Å². The molecule has 0 amide bonds. The summed E-state index contributed by atoms with van der Waals surface area (Å²) in [7, 11) is 3.11. The van der Waals surface area contributed by atoms with E-state index in [1.54, 1.807) is 37.4 Å². The van der Waals surface area contributed by atoms with Crippen LogP contribution in [-0.4, -0.2) is 36.7 Å². The number of benzene rings is 3. The van der Waals surface area contributed by atoms with Crippen molar-refractivity contribution < 1.29 is 18.6 Å². The standard InChI is InChI=1S/C27H21BrClN3O5/c1-4-36-25-21(35-3)12-15(23(28)24(25)29)14-30-32-26(31-18-9-6-5-8-16(18)27(32)33)22-13-17-19(34-2)10-7-11-20(17)37-22/h5-14H,4H2,1-3H3. The van der Waals surface area contributed by atoms with Gasteiger partial charge >= 0.3 is 0 Å². The lowest BCUT2D eigenvalue weighted by atomic mass is 10.2. The van der Waals surface area contributed by atoms with Gasteiger partial charge in [0.25, 0.3) is 5.56 Å². The molecule has 5 aromatic rings. The van der Waals surface area contributed by atoms with Crippen LogP contribution >= 0.6 is 27.5 Å². The van der Waals surface area contributed by atoms with Gasteiger partial charge in [0, 0.05) is 10.0 Å². The first-order valence-electron chi connectivity index (χ1n) is 11.3. The maximum absolute atomic E-state index is 13.6. The van der Waals surface area contributed by atoms with Crippen molar-refractivity contribution in [3.05, 3.63) is 80.0 Å². The Balaban J connectivity index is 1.72. The van der Waals surface area contributed by atoms with E-state index >= 15 is 0 Å². The molecule has 0 aliphatic rings. The Bertz CT molecular complexity index is 1730. The maximum Gasteiger partial charge on any atom is 0.282 e. The summed E-state index contributed by atoms with van der Waals surface area (Å²) in [6, 6.07) is 16.0. The summed E-state index contributed by atoms with van der Waals surface area (Å²) in [4.78, 5) is 18.3. The third-order valence-corrected chi connectivity index (χ3v) is 7.14. The molecule has 2 heterocycles. The van der Waals surface area contributed by atoms with Gasteiger partial charge in [0.15, 0.2) is 17.3 Å². The van der Waals surface area contributed by atoms with Crippen LogP contribution in [-0.2, 0) is 0 Å². The van der Waals surface area contributed by atoms with Crippen LogP contribution < -0.4 is 19.8 Å². The Kier molecular flexibility index (Phi) is 6.90. The van der Waals surface area contributed by atoms with E-state index in [1.165, 1.54) is 18.0 Å². The number of nitrogens with zero attached hydrogens (tertiary/aromatic N) is 3. The number of halogens is 2. The van der Waals surface area contributed by atoms with Crippen LogP contribution in [0, 0.1) is 0 Å². The number of rotatable bonds is 7. The molecule has 10 heteroatoms. The molecule has 0 fully saturated rings. The van der Waals surface area contributed by atoms with Crippen molar-refractivity contribution in [1.82, 2.24) is 9.66 Å². The summed E-state index contributed by atoms with van der Waals surface area (Å²) >= 11 is 10.0. The lowest BCUT2D eigenvalue weighted by molar-refractivity contribution is 0.311. The van der Waals surface area contributed by atoms with Crippen LogP contribution in [0.5, 0.6) is 17.2 Å². The third kappa shape index (κ3) is 4.45. The Morgan fingerprint density at radius 3 is 2.62 bits per heavy atom. The summed E-state index contributed by atoms with van der Waals surface area (Å²) in [5, 5.41) is 6.01. The predicted molar refractivity (Wildman–Crippen MR) is 148 cm³/mol. The average Bonchev–Trinajstić information content (AvgIpc) is 3.36. The highest BCUT2D eigenvalue weighted by atomic mass is 79.9. The molecule has 0 aliphatic heterocycles. The Hall–Kier alpha value is -3.82. The first-order valence-corrected chi connectivity index (χ1v) is 12.5. The summed E-state index contributed by atoms with van der Waals surface area (Å²) in [6.07, 6.45) is 1.50. The van der Waals surface area contributed by atoms with Crippen molar-refractivity contribution in [2.45, 2.75) is 6.92 Å². The van der Waals surface area contributed by atoms with Crippen LogP contribution in [0.3, 0.4) is 0 Å². The molecule has 0 unspecified atom stereocenters. The molecule has 8 nitrogen and oxygen atoms in total. The van der Waals surface area contributed by atoms with Gasteiger partial charge in [-0.1, -0.05) is 29.8 Å². The molecule has 0 atom stereocenters. The molecule has 0 bridgehead atoms. The van der Waals surface area contributed by atoms with Crippen molar-refractivity contribution in [2.75, 3.05) is 20.8 Å². The highest BCUT2D eigenvalue weighted by Gasteiger charge is 2.19. The number of methoxy groups -OCH3 is 2. The fourth-order valence-corrected chi connectivity index (χ4v) is 4.62. The van der Waals surface area contributed by atoms with E-state index < -0.39 is 0 Å². The van der Waals surface area contributed by atoms with Crippen molar-refractivity contribution >= 4 is 55.6 Å². The topological polar surface area (TPSA) is 88.1 Å². The molecule has 3 aromatic carbocycles. The zero-order chi connectivity index (χ0) is 26.1. The second kappa shape index (κ2) is 10.3. The zero-order valence-electron chi connectivity index (χ0n) is 20.1. The number of hydrogen-bond acceptors (Lipinski definition) is 7. The van der Waals surface area contributed by atoms with Gasteiger partial charge in [-0.25, -0.2) is 4.98 Å². The monoisotopic (exact) mass is 581 g/mol. The van der Waals surface area contributed by atoms with Gasteiger partial charge in [0.1, 0.15) is 16.4 Å². The minimum absolute atomic E-state index is 0.235. The summed E-state index contributed by atoms with van der Waals surface area (Å²) in [5.74, 6) is 2.09. The van der Waals surface area contributed by atoms with Gasteiger partial charge in [0.2, 0.25) is 5.82 Å². The van der Waals surface area contributed by atoms with E-state index in [-0.39, 0.29) is 11.4 Å². The lowest BCUT2D eigenvalue weighted by Gasteiger charge is -2.14. The number of hydrogen-bond donors (Lipinski definition) is 0. The minimum Gasteiger partial charge on any atom is -0.496 e. The van der Waals surface area contributed by atoms with Crippen molar-refractivity contribution in [3.8, 4) is 28.8 Å². The summed E-state index contributed by atoms with van der Waals surface area (Å²) in [5.41, 5.74) is 1.33. The Labute approximate surface area is 225 Å². The van der Waals surface area contributed by atoms with Gasteiger partial charge < -0.3 is 18.6 Å². The van der Waals surface area contributed by atoms with Crippen LogP contribution in [0.25, 0.3) is 33.5 Å². The van der Waals surface area contributed by atoms with Gasteiger partial charge in [-0.15, -0.1) is 0 Å². The molecular weight excluding hydrogens is 562 g/mol. The third-order valence-electron chi connectivity index (χ3n) is 5.69. The van der Waals surface area contributed by atoms with Crippen molar-refractivity contribution in [3.63, 3.8) is 0 Å². The SMILES string of the molecule is CCOc1c(OC)cc(C=Nn2c(-c3cc4c(OC)cccc4o3)nc3ccccc3c2=O)c(Br)c1Cl. The number of furan rings is 1. The van der Waals surface area contributed by atoms with Crippen LogP contribution in [0.4, 0.5) is 0 Å². The first kappa shape index (κ1) is 24.9. The minimum atomic E-state index is -0.357. The van der Waals surface area contributed by atoms with E-state index in [4.69, 9.17) is 35.2 Å². The summed E-state index contributed by atoms with van der Waals surface area (Å²) in [6.45, 7) is 2.27. The quantitative estimate of drug-likeness (QED) is 0.203. The number of ether oxygens (including phenoxy) is 3. The van der Waals surface area contributed by atoms with Gasteiger partial charge in [-0.05, 0) is 59.3 Å². The number of para-hydroxylation sites is 1. The zero-order valence-corrected chi connectivity index (χ0v) is 22.5. The van der Waals surface area contributed by atoms with E-state index in [0.717, 1.165) is 5.39 Å². The van der Waals surface area contributed by atoms with Crippen molar-refractivity contribution in [2.24, 2.45) is 5.10 Å². The molecule has 0 saturated heterocycles. The number of fused-ring (bicyclic) bond motifs is 2. The molecular formula is C27H21BrClN3O5. The maximum atomic E-state index is 13.6. The van der Waals surface area contributed by atoms with E-state index in [2.05, 4.69) is 21.0 Å². The van der Waals surface area contributed by atoms with Gasteiger partial charge in [0.05, 0.1) is 43.3 Å². The fraction of sp³-hybridized carbons (Fsp3) is 0.148.